The van der Waals surface area contributed by atoms with Gasteiger partial charge in [0.15, 0.2) is 0 Å². The van der Waals surface area contributed by atoms with Crippen LogP contribution in [0.1, 0.15) is 24.5 Å². The van der Waals surface area contributed by atoms with E-state index in [1.165, 1.54) is 0 Å². The van der Waals surface area contributed by atoms with Crippen LogP contribution < -0.4 is 4.74 Å². The maximum Gasteiger partial charge on any atom is 0.317 e. The molecule has 2 aromatic carbocycles. The van der Waals surface area contributed by atoms with Crippen LogP contribution in [0.15, 0.2) is 54.6 Å². The Bertz CT molecular complexity index is 613. The number of carboxylic acid groups (broad SMARTS) is 1. The van der Waals surface area contributed by atoms with Crippen molar-refractivity contribution in [1.82, 2.24) is 4.90 Å². The summed E-state index contributed by atoms with van der Waals surface area (Å²) < 4.78 is 5.82. The molecule has 0 spiro atoms. The molecule has 0 bridgehead atoms. The van der Waals surface area contributed by atoms with Crippen LogP contribution in [0.4, 0.5) is 0 Å². The van der Waals surface area contributed by atoms with Crippen molar-refractivity contribution in [2.75, 3.05) is 13.1 Å². The summed E-state index contributed by atoms with van der Waals surface area (Å²) >= 11 is 0. The van der Waals surface area contributed by atoms with E-state index in [4.69, 9.17) is 9.84 Å². The van der Waals surface area contributed by atoms with Gasteiger partial charge < -0.3 is 9.84 Å². The molecule has 0 fully saturated rings. The van der Waals surface area contributed by atoms with Crippen LogP contribution in [0.2, 0.25) is 0 Å². The van der Waals surface area contributed by atoms with Gasteiger partial charge in [0.2, 0.25) is 0 Å². The summed E-state index contributed by atoms with van der Waals surface area (Å²) in [5, 5.41) is 8.99. The molecule has 0 atom stereocenters. The fourth-order valence-corrected chi connectivity index (χ4v) is 2.45. The molecule has 0 saturated heterocycles. The molecule has 0 saturated carbocycles. The highest BCUT2D eigenvalue weighted by Crippen LogP contribution is 2.16. The Morgan fingerprint density at radius 2 is 1.83 bits per heavy atom. The SMILES string of the molecule is CCCN(CC(=O)O)Cc1cccc(OCc2ccccc2)c1. The van der Waals surface area contributed by atoms with E-state index in [0.29, 0.717) is 13.2 Å². The number of aliphatic carboxylic acids is 1. The molecule has 0 aliphatic heterocycles. The molecular formula is C19H23NO3. The molecule has 0 unspecified atom stereocenters. The van der Waals surface area contributed by atoms with Gasteiger partial charge >= 0.3 is 5.97 Å². The first-order chi connectivity index (χ1) is 11.2. The molecule has 1 N–H and O–H groups in total. The predicted octanol–water partition coefficient (Wildman–Crippen LogP) is 3.56. The minimum atomic E-state index is -0.796. The first-order valence-corrected chi connectivity index (χ1v) is 7.87. The van der Waals surface area contributed by atoms with E-state index in [0.717, 1.165) is 29.8 Å². The average Bonchev–Trinajstić information content (AvgIpc) is 2.54. The Morgan fingerprint density at radius 1 is 1.09 bits per heavy atom. The van der Waals surface area contributed by atoms with Gasteiger partial charge in [-0.2, -0.15) is 0 Å². The lowest BCUT2D eigenvalue weighted by Crippen LogP contribution is -2.30. The third-order valence-electron chi connectivity index (χ3n) is 3.45. The summed E-state index contributed by atoms with van der Waals surface area (Å²) in [6, 6.07) is 17.9. The van der Waals surface area contributed by atoms with Crippen molar-refractivity contribution in [1.29, 1.82) is 0 Å². The van der Waals surface area contributed by atoms with Crippen molar-refractivity contribution in [3.8, 4) is 5.75 Å². The number of hydrogen-bond donors (Lipinski definition) is 1. The van der Waals surface area contributed by atoms with Crippen molar-refractivity contribution in [3.05, 3.63) is 65.7 Å². The van der Waals surface area contributed by atoms with Gasteiger partial charge in [0.25, 0.3) is 0 Å². The third-order valence-corrected chi connectivity index (χ3v) is 3.45. The maximum atomic E-state index is 10.9. The van der Waals surface area contributed by atoms with Crippen molar-refractivity contribution >= 4 is 5.97 Å². The van der Waals surface area contributed by atoms with Crippen LogP contribution in [-0.4, -0.2) is 29.1 Å². The Kier molecular flexibility index (Phi) is 6.63. The number of nitrogens with zero attached hydrogens (tertiary/aromatic N) is 1. The smallest absolute Gasteiger partial charge is 0.317 e. The van der Waals surface area contributed by atoms with E-state index in [1.54, 1.807) is 0 Å². The van der Waals surface area contributed by atoms with Gasteiger partial charge in [0, 0.05) is 6.54 Å². The molecule has 122 valence electrons. The number of rotatable bonds is 9. The zero-order chi connectivity index (χ0) is 16.5. The van der Waals surface area contributed by atoms with Crippen molar-refractivity contribution in [2.24, 2.45) is 0 Å². The van der Waals surface area contributed by atoms with E-state index in [9.17, 15) is 4.79 Å². The number of hydrogen-bond acceptors (Lipinski definition) is 3. The van der Waals surface area contributed by atoms with Gasteiger partial charge in [-0.3, -0.25) is 9.69 Å². The summed E-state index contributed by atoms with van der Waals surface area (Å²) in [6.45, 7) is 4.01. The molecule has 4 nitrogen and oxygen atoms in total. The second kappa shape index (κ2) is 8.96. The average molecular weight is 313 g/mol. The molecule has 4 heteroatoms. The third kappa shape index (κ3) is 6.12. The van der Waals surface area contributed by atoms with E-state index in [2.05, 4.69) is 0 Å². The number of ether oxygens (including phenoxy) is 1. The fourth-order valence-electron chi connectivity index (χ4n) is 2.45. The van der Waals surface area contributed by atoms with E-state index in [-0.39, 0.29) is 6.54 Å². The summed E-state index contributed by atoms with van der Waals surface area (Å²) in [6.07, 6.45) is 0.928. The van der Waals surface area contributed by atoms with Crippen LogP contribution in [0.25, 0.3) is 0 Å². The molecular weight excluding hydrogens is 290 g/mol. The van der Waals surface area contributed by atoms with Crippen LogP contribution in [-0.2, 0) is 17.9 Å². The largest absolute Gasteiger partial charge is 0.489 e. The normalized spacial score (nSPS) is 10.7. The Balaban J connectivity index is 1.96. The fraction of sp³-hybridized carbons (Fsp3) is 0.316. The molecule has 23 heavy (non-hydrogen) atoms. The second-order valence-corrected chi connectivity index (χ2v) is 5.53. The zero-order valence-electron chi connectivity index (χ0n) is 13.4. The van der Waals surface area contributed by atoms with Gasteiger partial charge in [-0.05, 0) is 36.2 Å². The van der Waals surface area contributed by atoms with Crippen molar-refractivity contribution < 1.29 is 14.6 Å². The second-order valence-electron chi connectivity index (χ2n) is 5.53. The Morgan fingerprint density at radius 3 is 2.52 bits per heavy atom. The minimum Gasteiger partial charge on any atom is -0.489 e. The Labute approximate surface area is 137 Å². The minimum absolute atomic E-state index is 0.0585. The predicted molar refractivity (Wildman–Crippen MR) is 90.4 cm³/mol. The highest BCUT2D eigenvalue weighted by atomic mass is 16.5. The molecule has 0 heterocycles. The summed E-state index contributed by atoms with van der Waals surface area (Å²) in [5.41, 5.74) is 2.18. The van der Waals surface area contributed by atoms with Crippen LogP contribution in [0, 0.1) is 0 Å². The molecule has 0 aliphatic carbocycles. The standard InChI is InChI=1S/C19H23NO3/c1-2-11-20(14-19(21)22)13-17-9-6-10-18(12-17)23-15-16-7-4-3-5-8-16/h3-10,12H,2,11,13-15H2,1H3,(H,21,22). The van der Waals surface area contributed by atoms with Gasteiger partial charge in [-0.15, -0.1) is 0 Å². The Hall–Kier alpha value is -2.33. The van der Waals surface area contributed by atoms with Crippen molar-refractivity contribution in [2.45, 2.75) is 26.5 Å². The van der Waals surface area contributed by atoms with Gasteiger partial charge in [-0.1, -0.05) is 49.4 Å². The molecule has 2 aromatic rings. The molecule has 0 aromatic heterocycles. The quantitative estimate of drug-likeness (QED) is 0.769. The first kappa shape index (κ1) is 17.0. The molecule has 0 radical (unpaired) electrons. The van der Waals surface area contributed by atoms with Gasteiger partial charge in [-0.25, -0.2) is 0 Å². The summed E-state index contributed by atoms with van der Waals surface area (Å²) in [5.74, 6) is 0.00746. The topological polar surface area (TPSA) is 49.8 Å². The van der Waals surface area contributed by atoms with E-state index in [1.807, 2.05) is 66.4 Å². The maximum absolute atomic E-state index is 10.9. The zero-order valence-corrected chi connectivity index (χ0v) is 13.4. The summed E-state index contributed by atoms with van der Waals surface area (Å²) in [4.78, 5) is 12.9. The van der Waals surface area contributed by atoms with E-state index >= 15 is 0 Å². The van der Waals surface area contributed by atoms with Crippen LogP contribution in [0.3, 0.4) is 0 Å². The van der Waals surface area contributed by atoms with E-state index < -0.39 is 5.97 Å². The lowest BCUT2D eigenvalue weighted by molar-refractivity contribution is -0.138. The van der Waals surface area contributed by atoms with Crippen LogP contribution >= 0.6 is 0 Å². The highest BCUT2D eigenvalue weighted by Gasteiger charge is 2.10. The number of carboxylic acids is 1. The van der Waals surface area contributed by atoms with Gasteiger partial charge in [0.05, 0.1) is 6.54 Å². The molecule has 0 aliphatic rings. The summed E-state index contributed by atoms with van der Waals surface area (Å²) in [7, 11) is 0. The van der Waals surface area contributed by atoms with Crippen molar-refractivity contribution in [3.63, 3.8) is 0 Å². The van der Waals surface area contributed by atoms with Crippen LogP contribution in [0.5, 0.6) is 5.75 Å². The highest BCUT2D eigenvalue weighted by molar-refractivity contribution is 5.69. The van der Waals surface area contributed by atoms with Gasteiger partial charge in [0.1, 0.15) is 12.4 Å². The lowest BCUT2D eigenvalue weighted by Gasteiger charge is -2.19. The monoisotopic (exact) mass is 313 g/mol. The lowest BCUT2D eigenvalue weighted by atomic mass is 10.2. The molecule has 2 rings (SSSR count). The number of carbonyl (C=O) groups is 1. The molecule has 0 amide bonds. The number of benzene rings is 2. The first-order valence-electron chi connectivity index (χ1n) is 7.87.